The molecule has 1 saturated heterocycles. The van der Waals surface area contributed by atoms with Crippen LogP contribution in [0.2, 0.25) is 10.0 Å². The Bertz CT molecular complexity index is 1970. The fraction of sp³-hybridized carbons (Fsp3) is 0.226. The Morgan fingerprint density at radius 1 is 0.979 bits per heavy atom. The number of hydrogen-bond donors (Lipinski definition) is 2. The van der Waals surface area contributed by atoms with Gasteiger partial charge in [0.1, 0.15) is 5.25 Å². The summed E-state index contributed by atoms with van der Waals surface area (Å²) >= 11 is 13.7. The Labute approximate surface area is 283 Å². The summed E-state index contributed by atoms with van der Waals surface area (Å²) < 4.78 is 53.3. The van der Waals surface area contributed by atoms with E-state index in [1.807, 2.05) is 0 Å². The lowest BCUT2D eigenvalue weighted by molar-refractivity contribution is -0.137. The van der Waals surface area contributed by atoms with Gasteiger partial charge in [-0.05, 0) is 55.0 Å². The van der Waals surface area contributed by atoms with Gasteiger partial charge in [-0.15, -0.1) is 0 Å². The standard InChI is InChI=1S/C31H22Cl2F3N3O6S2/c1-2-44-21-11-14(7-10-20(21)45-13-22(40)37-15-8-9-17(32)18(33)12-15)23-24-26(46-27-25(23)47-30(43)38-27)29(42)39(28(24)41)19-6-4-3-5-16(19)31(34,35)36/h3-12,23-24,26H,2,13H2,1H3,(H,37,40)(H,38,43). The molecule has 2 N–H and O–H groups in total. The van der Waals surface area contributed by atoms with Crippen LogP contribution in [0.1, 0.15) is 28.8 Å². The molecule has 6 rings (SSSR count). The summed E-state index contributed by atoms with van der Waals surface area (Å²) in [6.07, 6.45) is -4.82. The van der Waals surface area contributed by atoms with Gasteiger partial charge < -0.3 is 19.8 Å². The van der Waals surface area contributed by atoms with E-state index >= 15 is 0 Å². The molecule has 47 heavy (non-hydrogen) atoms. The van der Waals surface area contributed by atoms with Crippen molar-refractivity contribution in [2.24, 2.45) is 5.92 Å². The molecular formula is C31H22Cl2F3N3O6S2. The number of aromatic nitrogens is 1. The number of carbonyl (C=O) groups excluding carboxylic acids is 3. The van der Waals surface area contributed by atoms with Gasteiger partial charge in [-0.2, -0.15) is 13.2 Å². The maximum atomic E-state index is 14.0. The second-order valence-electron chi connectivity index (χ2n) is 10.4. The van der Waals surface area contributed by atoms with Crippen LogP contribution in [-0.2, 0) is 20.6 Å². The van der Waals surface area contributed by atoms with Gasteiger partial charge in [0.25, 0.3) is 5.91 Å². The Morgan fingerprint density at radius 2 is 1.74 bits per heavy atom. The number of aromatic amines is 1. The van der Waals surface area contributed by atoms with Crippen LogP contribution in [-0.4, -0.2) is 41.2 Å². The number of hydrogen-bond acceptors (Lipinski definition) is 8. The number of carbonyl (C=O) groups is 3. The largest absolute Gasteiger partial charge is 0.490 e. The van der Waals surface area contributed by atoms with Crippen LogP contribution in [0.15, 0.2) is 70.5 Å². The number of thiazole rings is 1. The lowest BCUT2D eigenvalue weighted by Crippen LogP contribution is -2.33. The molecule has 0 aliphatic carbocycles. The van der Waals surface area contributed by atoms with Crippen molar-refractivity contribution in [3.63, 3.8) is 0 Å². The number of anilines is 2. The first-order valence-corrected chi connectivity index (χ1v) is 16.4. The molecule has 3 unspecified atom stereocenters. The Morgan fingerprint density at radius 3 is 2.47 bits per heavy atom. The lowest BCUT2D eigenvalue weighted by atomic mass is 9.83. The van der Waals surface area contributed by atoms with Gasteiger partial charge in [-0.25, -0.2) is 4.90 Å². The number of H-pyrrole nitrogens is 1. The molecule has 2 aliphatic rings. The fourth-order valence-electron chi connectivity index (χ4n) is 5.54. The number of halogens is 5. The van der Waals surface area contributed by atoms with E-state index in [0.717, 1.165) is 35.2 Å². The van der Waals surface area contributed by atoms with Crippen LogP contribution in [0.3, 0.4) is 0 Å². The number of imide groups is 1. The van der Waals surface area contributed by atoms with Crippen LogP contribution in [0, 0.1) is 5.92 Å². The number of rotatable bonds is 8. The third kappa shape index (κ3) is 6.34. The number of amides is 3. The number of nitrogens with zero attached hydrogens (tertiary/aromatic N) is 1. The van der Waals surface area contributed by atoms with Crippen molar-refractivity contribution in [1.82, 2.24) is 4.98 Å². The van der Waals surface area contributed by atoms with E-state index in [-0.39, 0.29) is 23.1 Å². The number of benzene rings is 3. The van der Waals surface area contributed by atoms with Crippen molar-refractivity contribution >= 4 is 75.4 Å². The second-order valence-corrected chi connectivity index (χ2v) is 13.4. The number of para-hydroxylation sites is 1. The first-order valence-electron chi connectivity index (χ1n) is 14.0. The Kier molecular flexibility index (Phi) is 9.04. The summed E-state index contributed by atoms with van der Waals surface area (Å²) in [5.41, 5.74) is -0.811. The predicted molar refractivity (Wildman–Crippen MR) is 172 cm³/mol. The summed E-state index contributed by atoms with van der Waals surface area (Å²) in [4.78, 5) is 56.1. The maximum Gasteiger partial charge on any atom is 0.418 e. The number of nitrogens with one attached hydrogen (secondary N) is 2. The van der Waals surface area contributed by atoms with Gasteiger partial charge in [0.15, 0.2) is 18.1 Å². The number of alkyl halides is 3. The maximum absolute atomic E-state index is 14.0. The summed E-state index contributed by atoms with van der Waals surface area (Å²) in [7, 11) is 0. The monoisotopic (exact) mass is 723 g/mol. The van der Waals surface area contributed by atoms with Crippen molar-refractivity contribution in [1.29, 1.82) is 0 Å². The molecule has 3 atom stereocenters. The van der Waals surface area contributed by atoms with Crippen molar-refractivity contribution in [2.75, 3.05) is 23.4 Å². The molecule has 16 heteroatoms. The first-order chi connectivity index (χ1) is 22.4. The lowest BCUT2D eigenvalue weighted by Gasteiger charge is -2.30. The van der Waals surface area contributed by atoms with Gasteiger partial charge in [-0.3, -0.25) is 19.2 Å². The van der Waals surface area contributed by atoms with Crippen LogP contribution in [0.4, 0.5) is 24.5 Å². The van der Waals surface area contributed by atoms with Crippen LogP contribution in [0.5, 0.6) is 11.5 Å². The fourth-order valence-corrected chi connectivity index (χ4v) is 8.36. The quantitative estimate of drug-likeness (QED) is 0.189. The highest BCUT2D eigenvalue weighted by Crippen LogP contribution is 2.54. The van der Waals surface area contributed by atoms with Crippen molar-refractivity contribution < 1.29 is 37.0 Å². The molecule has 0 radical (unpaired) electrons. The van der Waals surface area contributed by atoms with Gasteiger partial charge in [0, 0.05) is 16.5 Å². The van der Waals surface area contributed by atoms with E-state index < -0.39 is 63.7 Å². The molecule has 1 aromatic heterocycles. The molecule has 0 saturated carbocycles. The van der Waals surface area contributed by atoms with E-state index in [1.54, 1.807) is 25.1 Å². The molecule has 3 aromatic carbocycles. The highest BCUT2D eigenvalue weighted by atomic mass is 35.5. The molecule has 244 valence electrons. The molecule has 3 heterocycles. The van der Waals surface area contributed by atoms with E-state index in [4.69, 9.17) is 32.7 Å². The minimum atomic E-state index is -4.82. The van der Waals surface area contributed by atoms with Gasteiger partial charge in [-0.1, -0.05) is 64.5 Å². The molecule has 9 nitrogen and oxygen atoms in total. The van der Waals surface area contributed by atoms with Gasteiger partial charge >= 0.3 is 11.0 Å². The smallest absolute Gasteiger partial charge is 0.418 e. The van der Waals surface area contributed by atoms with E-state index in [1.165, 1.54) is 30.3 Å². The first kappa shape index (κ1) is 32.9. The normalized spacial score (nSPS) is 18.9. The predicted octanol–water partition coefficient (Wildman–Crippen LogP) is 6.97. The van der Waals surface area contributed by atoms with Crippen LogP contribution >= 0.6 is 46.3 Å². The summed E-state index contributed by atoms with van der Waals surface area (Å²) in [6, 6.07) is 13.7. The van der Waals surface area contributed by atoms with Gasteiger partial charge in [0.05, 0.1) is 38.8 Å². The van der Waals surface area contributed by atoms with Crippen molar-refractivity contribution in [3.8, 4) is 11.5 Å². The van der Waals surface area contributed by atoms with E-state index in [2.05, 4.69) is 10.3 Å². The van der Waals surface area contributed by atoms with Crippen LogP contribution in [0.25, 0.3) is 0 Å². The molecular weight excluding hydrogens is 702 g/mol. The molecule has 2 aliphatic heterocycles. The Balaban J connectivity index is 1.33. The average Bonchev–Trinajstić information content (AvgIpc) is 3.51. The number of thioether (sulfide) groups is 1. The Hall–Kier alpha value is -3.98. The molecule has 3 amide bonds. The summed E-state index contributed by atoms with van der Waals surface area (Å²) in [6.45, 7) is 1.52. The van der Waals surface area contributed by atoms with Crippen molar-refractivity contribution in [3.05, 3.63) is 96.4 Å². The van der Waals surface area contributed by atoms with Crippen LogP contribution < -0.4 is 24.6 Å². The second kappa shape index (κ2) is 12.9. The summed E-state index contributed by atoms with van der Waals surface area (Å²) in [5, 5.41) is 2.48. The third-order valence-corrected chi connectivity index (χ3v) is 10.6. The zero-order valence-corrected chi connectivity index (χ0v) is 27.2. The topological polar surface area (TPSA) is 118 Å². The third-order valence-electron chi connectivity index (χ3n) is 7.46. The highest BCUT2D eigenvalue weighted by Gasteiger charge is 2.57. The van der Waals surface area contributed by atoms with Crippen molar-refractivity contribution in [2.45, 2.75) is 29.3 Å². The zero-order valence-electron chi connectivity index (χ0n) is 24.0. The van der Waals surface area contributed by atoms with E-state index in [9.17, 15) is 32.3 Å². The zero-order chi connectivity index (χ0) is 33.6. The number of fused-ring (bicyclic) bond motifs is 2. The highest BCUT2D eigenvalue weighted by molar-refractivity contribution is 8.00. The minimum Gasteiger partial charge on any atom is -0.490 e. The molecule has 4 aromatic rings. The average molecular weight is 725 g/mol. The summed E-state index contributed by atoms with van der Waals surface area (Å²) in [5.74, 6) is -3.75. The molecule has 0 bridgehead atoms. The molecule has 1 fully saturated rings. The minimum absolute atomic E-state index is 0.193. The number of ether oxygens (including phenoxy) is 2. The molecule has 0 spiro atoms. The van der Waals surface area contributed by atoms with Gasteiger partial charge in [0.2, 0.25) is 11.8 Å². The SMILES string of the molecule is CCOc1cc(C2c3sc(=O)[nH]c3SC3C(=O)N(c4ccccc4C(F)(F)F)C(=O)C32)ccc1OCC(=O)Nc1ccc(Cl)c(Cl)c1. The van der Waals surface area contributed by atoms with E-state index in [0.29, 0.717) is 31.1 Å².